The van der Waals surface area contributed by atoms with Crippen molar-refractivity contribution in [2.24, 2.45) is 0 Å². The Morgan fingerprint density at radius 1 is 1.17 bits per heavy atom. The van der Waals surface area contributed by atoms with Crippen molar-refractivity contribution in [1.82, 2.24) is 4.31 Å². The van der Waals surface area contributed by atoms with Crippen molar-refractivity contribution in [2.75, 3.05) is 48.8 Å². The summed E-state index contributed by atoms with van der Waals surface area (Å²) < 4.78 is 24.8. The third-order valence-electron chi connectivity index (χ3n) is 4.82. The second-order valence-electron chi connectivity index (χ2n) is 6.44. The van der Waals surface area contributed by atoms with E-state index in [1.807, 2.05) is 12.1 Å². The molecule has 0 atom stereocenters. The first-order valence-corrected chi connectivity index (χ1v) is 10.1. The van der Waals surface area contributed by atoms with Gasteiger partial charge in [0.25, 0.3) is 0 Å². The average Bonchev–Trinajstić information content (AvgIpc) is 2.99. The Labute approximate surface area is 144 Å². The molecule has 2 aliphatic rings. The number of hydrogen-bond acceptors (Lipinski definition) is 5. The van der Waals surface area contributed by atoms with Crippen molar-refractivity contribution in [3.05, 3.63) is 36.0 Å². The van der Waals surface area contributed by atoms with Gasteiger partial charge in [0.2, 0.25) is 10.0 Å². The molecule has 0 aliphatic carbocycles. The number of benzene rings is 1. The Morgan fingerprint density at radius 3 is 2.42 bits per heavy atom. The van der Waals surface area contributed by atoms with Gasteiger partial charge in [-0.3, -0.25) is 0 Å². The van der Waals surface area contributed by atoms with Crippen molar-refractivity contribution in [1.29, 1.82) is 0 Å². The summed E-state index contributed by atoms with van der Waals surface area (Å²) in [6, 6.07) is 6.12. The van der Waals surface area contributed by atoms with Crippen LogP contribution in [0.5, 0.6) is 0 Å². The number of anilines is 2. The van der Waals surface area contributed by atoms with E-state index in [1.165, 1.54) is 10.6 Å². The van der Waals surface area contributed by atoms with Gasteiger partial charge in [-0.05, 0) is 31.0 Å². The van der Waals surface area contributed by atoms with Crippen LogP contribution in [0.25, 0.3) is 0 Å². The Hall–Kier alpha value is -1.57. The van der Waals surface area contributed by atoms with Crippen LogP contribution < -0.4 is 9.80 Å². The second-order valence-corrected chi connectivity index (χ2v) is 8.42. The van der Waals surface area contributed by atoms with Gasteiger partial charge in [0.1, 0.15) is 0 Å². The van der Waals surface area contributed by atoms with Gasteiger partial charge in [0.15, 0.2) is 0 Å². The standard InChI is InChI=1S/C17H25N3O3S/c1-14-4-3-7-20(14)16-5-6-17(15(12-16)13-21)18-8-10-19(11-9-18)24(2,22)23/h5-6,12,21H,1,3-4,7-11,13H2,2H3. The lowest BCUT2D eigenvalue weighted by molar-refractivity contribution is 0.281. The molecular formula is C17H25N3O3S. The van der Waals surface area contributed by atoms with Crippen LogP contribution >= 0.6 is 0 Å². The molecule has 1 N–H and O–H groups in total. The molecule has 0 aromatic heterocycles. The van der Waals surface area contributed by atoms with Crippen LogP contribution in [-0.4, -0.2) is 56.8 Å². The van der Waals surface area contributed by atoms with Gasteiger partial charge in [-0.2, -0.15) is 4.31 Å². The smallest absolute Gasteiger partial charge is 0.211 e. The maximum Gasteiger partial charge on any atom is 0.211 e. The van der Waals surface area contributed by atoms with Crippen molar-refractivity contribution < 1.29 is 13.5 Å². The number of hydrogen-bond donors (Lipinski definition) is 1. The SMILES string of the molecule is C=C1CCCN1c1ccc(N2CCN(S(C)(=O)=O)CC2)c(CO)c1. The van der Waals surface area contributed by atoms with Gasteiger partial charge >= 0.3 is 0 Å². The van der Waals surface area contributed by atoms with Crippen LogP contribution in [0.4, 0.5) is 11.4 Å². The average molecular weight is 351 g/mol. The second kappa shape index (κ2) is 6.74. The Bertz CT molecular complexity index is 725. The first-order valence-electron chi connectivity index (χ1n) is 8.29. The van der Waals surface area contributed by atoms with Gasteiger partial charge < -0.3 is 14.9 Å². The number of aliphatic hydroxyl groups is 1. The maximum absolute atomic E-state index is 11.6. The molecule has 2 aliphatic heterocycles. The van der Waals surface area contributed by atoms with Crippen molar-refractivity contribution in [2.45, 2.75) is 19.4 Å². The normalized spacial score (nSPS) is 20.0. The molecule has 1 aromatic rings. The van der Waals surface area contributed by atoms with E-state index in [2.05, 4.69) is 22.4 Å². The van der Waals surface area contributed by atoms with Crippen LogP contribution in [0, 0.1) is 0 Å². The summed E-state index contributed by atoms with van der Waals surface area (Å²) in [6.07, 6.45) is 3.38. The molecule has 3 rings (SSSR count). The number of piperazine rings is 1. The van der Waals surface area contributed by atoms with E-state index in [1.54, 1.807) is 0 Å². The minimum Gasteiger partial charge on any atom is -0.392 e. The van der Waals surface area contributed by atoms with E-state index in [9.17, 15) is 13.5 Å². The van der Waals surface area contributed by atoms with Crippen LogP contribution in [0.3, 0.4) is 0 Å². The zero-order valence-corrected chi connectivity index (χ0v) is 14.9. The van der Waals surface area contributed by atoms with E-state index in [-0.39, 0.29) is 6.61 Å². The Morgan fingerprint density at radius 2 is 1.88 bits per heavy atom. The fourth-order valence-corrected chi connectivity index (χ4v) is 4.31. The molecule has 1 aromatic carbocycles. The van der Waals surface area contributed by atoms with Gasteiger partial charge in [0, 0.05) is 55.4 Å². The predicted molar refractivity (Wildman–Crippen MR) is 96.7 cm³/mol. The Balaban J connectivity index is 1.78. The quantitative estimate of drug-likeness (QED) is 0.888. The van der Waals surface area contributed by atoms with E-state index in [4.69, 9.17) is 0 Å². The molecule has 0 spiro atoms. The summed E-state index contributed by atoms with van der Waals surface area (Å²) >= 11 is 0. The van der Waals surface area contributed by atoms with E-state index in [0.717, 1.165) is 42.0 Å². The number of nitrogens with zero attached hydrogens (tertiary/aromatic N) is 3. The molecule has 0 saturated carbocycles. The summed E-state index contributed by atoms with van der Waals surface area (Å²) in [4.78, 5) is 4.35. The number of aliphatic hydroxyl groups excluding tert-OH is 1. The highest BCUT2D eigenvalue weighted by molar-refractivity contribution is 7.88. The van der Waals surface area contributed by atoms with Crippen molar-refractivity contribution in [3.8, 4) is 0 Å². The maximum atomic E-state index is 11.6. The molecule has 132 valence electrons. The summed E-state index contributed by atoms with van der Waals surface area (Å²) in [5.41, 5.74) is 4.05. The zero-order chi connectivity index (χ0) is 17.3. The summed E-state index contributed by atoms with van der Waals surface area (Å²) in [5, 5.41) is 9.79. The van der Waals surface area contributed by atoms with Crippen LogP contribution in [0.15, 0.2) is 30.5 Å². The fraction of sp³-hybridized carbons (Fsp3) is 0.529. The predicted octanol–water partition coefficient (Wildman–Crippen LogP) is 1.37. The highest BCUT2D eigenvalue weighted by Gasteiger charge is 2.25. The lowest BCUT2D eigenvalue weighted by Gasteiger charge is -2.36. The Kier molecular flexibility index (Phi) is 4.85. The minimum atomic E-state index is -3.13. The van der Waals surface area contributed by atoms with Crippen molar-refractivity contribution >= 4 is 21.4 Å². The molecule has 0 radical (unpaired) electrons. The molecule has 2 heterocycles. The van der Waals surface area contributed by atoms with Crippen LogP contribution in [-0.2, 0) is 16.6 Å². The molecule has 2 fully saturated rings. The highest BCUT2D eigenvalue weighted by Crippen LogP contribution is 2.32. The molecule has 24 heavy (non-hydrogen) atoms. The molecule has 0 bridgehead atoms. The molecular weight excluding hydrogens is 326 g/mol. The molecule has 2 saturated heterocycles. The monoisotopic (exact) mass is 351 g/mol. The third kappa shape index (κ3) is 3.43. The van der Waals surface area contributed by atoms with Crippen LogP contribution in [0.1, 0.15) is 18.4 Å². The fourth-order valence-electron chi connectivity index (χ4n) is 3.48. The third-order valence-corrected chi connectivity index (χ3v) is 6.13. The van der Waals surface area contributed by atoms with Gasteiger partial charge in [-0.15, -0.1) is 0 Å². The minimum absolute atomic E-state index is 0.0320. The van der Waals surface area contributed by atoms with E-state index < -0.39 is 10.0 Å². The largest absolute Gasteiger partial charge is 0.392 e. The lowest BCUT2D eigenvalue weighted by atomic mass is 10.1. The molecule has 7 heteroatoms. The lowest BCUT2D eigenvalue weighted by Crippen LogP contribution is -2.48. The summed E-state index contributed by atoms with van der Waals surface area (Å²) in [7, 11) is -3.13. The van der Waals surface area contributed by atoms with Gasteiger partial charge in [-0.1, -0.05) is 6.58 Å². The summed E-state index contributed by atoms with van der Waals surface area (Å²) in [6.45, 7) is 7.27. The van der Waals surface area contributed by atoms with Gasteiger partial charge in [-0.25, -0.2) is 8.42 Å². The van der Waals surface area contributed by atoms with Gasteiger partial charge in [0.05, 0.1) is 12.9 Å². The first kappa shape index (κ1) is 17.3. The summed E-state index contributed by atoms with van der Waals surface area (Å²) in [5.74, 6) is 0. The first-order chi connectivity index (χ1) is 11.4. The number of sulfonamides is 1. The van der Waals surface area contributed by atoms with Crippen molar-refractivity contribution in [3.63, 3.8) is 0 Å². The van der Waals surface area contributed by atoms with Crippen LogP contribution in [0.2, 0.25) is 0 Å². The molecule has 0 amide bonds. The molecule has 6 nitrogen and oxygen atoms in total. The zero-order valence-electron chi connectivity index (χ0n) is 14.1. The number of rotatable bonds is 4. The number of allylic oxidation sites excluding steroid dienone is 1. The van der Waals surface area contributed by atoms with E-state index in [0.29, 0.717) is 26.2 Å². The molecule has 0 unspecified atom stereocenters. The van der Waals surface area contributed by atoms with E-state index >= 15 is 0 Å². The highest BCUT2D eigenvalue weighted by atomic mass is 32.2. The topological polar surface area (TPSA) is 64.1 Å².